The number of hydrazine groups is 1. The van der Waals surface area contributed by atoms with E-state index in [1.807, 2.05) is 6.92 Å². The van der Waals surface area contributed by atoms with Gasteiger partial charge in [0.1, 0.15) is 0 Å². The Morgan fingerprint density at radius 1 is 1.44 bits per heavy atom. The number of nitrogens with one attached hydrogen (secondary N) is 1. The van der Waals surface area contributed by atoms with E-state index in [0.29, 0.717) is 6.10 Å². The molecule has 0 aliphatic carbocycles. The number of hydrogen-bond donors (Lipinski definition) is 2. The SMILES string of the molecule is COC1CCN(C(C)C(C)C(=O)NN)CC1. The molecule has 1 rings (SSSR count). The van der Waals surface area contributed by atoms with Crippen LogP contribution in [0.5, 0.6) is 0 Å². The molecule has 1 aliphatic rings. The van der Waals surface area contributed by atoms with Crippen molar-refractivity contribution >= 4 is 5.91 Å². The van der Waals surface area contributed by atoms with Gasteiger partial charge in [0.2, 0.25) is 5.91 Å². The van der Waals surface area contributed by atoms with E-state index in [1.165, 1.54) is 0 Å². The fourth-order valence-electron chi connectivity index (χ4n) is 2.19. The minimum atomic E-state index is -0.0960. The van der Waals surface area contributed by atoms with E-state index >= 15 is 0 Å². The largest absolute Gasteiger partial charge is 0.381 e. The minimum Gasteiger partial charge on any atom is -0.381 e. The molecular formula is C11H23N3O2. The molecule has 1 aliphatic heterocycles. The van der Waals surface area contributed by atoms with Crippen LogP contribution in [0.1, 0.15) is 26.7 Å². The first kappa shape index (κ1) is 13.4. The Morgan fingerprint density at radius 2 is 2.00 bits per heavy atom. The third kappa shape index (κ3) is 3.17. The zero-order chi connectivity index (χ0) is 12.1. The minimum absolute atomic E-state index is 0.0795. The topological polar surface area (TPSA) is 67.6 Å². The van der Waals surface area contributed by atoms with Crippen LogP contribution in [0.15, 0.2) is 0 Å². The summed E-state index contributed by atoms with van der Waals surface area (Å²) >= 11 is 0. The van der Waals surface area contributed by atoms with Gasteiger partial charge in [0, 0.05) is 26.2 Å². The van der Waals surface area contributed by atoms with Crippen LogP contribution in [0.4, 0.5) is 0 Å². The van der Waals surface area contributed by atoms with E-state index in [2.05, 4.69) is 17.2 Å². The number of carbonyl (C=O) groups is 1. The second kappa shape index (κ2) is 6.18. The average Bonchev–Trinajstić information content (AvgIpc) is 2.36. The Kier molecular flexibility index (Phi) is 5.18. The number of hydrogen-bond acceptors (Lipinski definition) is 4. The molecule has 5 heteroatoms. The van der Waals surface area contributed by atoms with Gasteiger partial charge in [-0.15, -0.1) is 0 Å². The average molecular weight is 229 g/mol. The van der Waals surface area contributed by atoms with E-state index in [-0.39, 0.29) is 17.9 Å². The van der Waals surface area contributed by atoms with Gasteiger partial charge in [-0.2, -0.15) is 0 Å². The summed E-state index contributed by atoms with van der Waals surface area (Å²) in [7, 11) is 1.76. The first-order valence-electron chi connectivity index (χ1n) is 5.87. The molecule has 2 unspecified atom stereocenters. The molecule has 0 aromatic heterocycles. The molecule has 0 bridgehead atoms. The van der Waals surface area contributed by atoms with Crippen LogP contribution in [-0.2, 0) is 9.53 Å². The number of likely N-dealkylation sites (tertiary alicyclic amines) is 1. The summed E-state index contributed by atoms with van der Waals surface area (Å²) in [6, 6.07) is 0.223. The monoisotopic (exact) mass is 229 g/mol. The lowest BCUT2D eigenvalue weighted by Crippen LogP contribution is -2.49. The standard InChI is InChI=1S/C11H23N3O2/c1-8(11(15)13-12)9(2)14-6-4-10(16-3)5-7-14/h8-10H,4-7,12H2,1-3H3,(H,13,15). The third-order valence-corrected chi connectivity index (χ3v) is 3.67. The van der Waals surface area contributed by atoms with Gasteiger partial charge in [-0.05, 0) is 19.8 Å². The van der Waals surface area contributed by atoms with Crippen molar-refractivity contribution in [2.45, 2.75) is 38.8 Å². The summed E-state index contributed by atoms with van der Waals surface area (Å²) in [5.74, 6) is 4.97. The summed E-state index contributed by atoms with van der Waals surface area (Å²) in [5, 5.41) is 0. The predicted molar refractivity (Wildman–Crippen MR) is 62.6 cm³/mol. The number of amides is 1. The van der Waals surface area contributed by atoms with Crippen LogP contribution in [0.3, 0.4) is 0 Å². The highest BCUT2D eigenvalue weighted by Crippen LogP contribution is 2.19. The van der Waals surface area contributed by atoms with Gasteiger partial charge in [0.25, 0.3) is 0 Å². The van der Waals surface area contributed by atoms with Gasteiger partial charge in [0.05, 0.1) is 12.0 Å². The number of nitrogens with two attached hydrogens (primary N) is 1. The molecule has 0 aromatic rings. The van der Waals surface area contributed by atoms with Crippen LogP contribution in [0, 0.1) is 5.92 Å². The van der Waals surface area contributed by atoms with Gasteiger partial charge in [-0.3, -0.25) is 15.1 Å². The smallest absolute Gasteiger partial charge is 0.238 e. The Morgan fingerprint density at radius 3 is 2.44 bits per heavy atom. The van der Waals surface area contributed by atoms with Crippen molar-refractivity contribution in [1.82, 2.24) is 10.3 Å². The van der Waals surface area contributed by atoms with Crippen molar-refractivity contribution in [1.29, 1.82) is 0 Å². The summed E-state index contributed by atoms with van der Waals surface area (Å²) in [6.07, 6.45) is 2.46. The molecule has 0 radical (unpaired) electrons. The van der Waals surface area contributed by atoms with Crippen molar-refractivity contribution in [3.05, 3.63) is 0 Å². The van der Waals surface area contributed by atoms with Crippen LogP contribution < -0.4 is 11.3 Å². The Labute approximate surface area is 97.3 Å². The first-order valence-corrected chi connectivity index (χ1v) is 5.87. The number of carbonyl (C=O) groups excluding carboxylic acids is 1. The number of nitrogens with zero attached hydrogens (tertiary/aromatic N) is 1. The van der Waals surface area contributed by atoms with E-state index < -0.39 is 0 Å². The predicted octanol–water partition coefficient (Wildman–Crippen LogP) is 0.112. The number of piperidine rings is 1. The maximum absolute atomic E-state index is 11.4. The second-order valence-corrected chi connectivity index (χ2v) is 4.51. The van der Waals surface area contributed by atoms with Gasteiger partial charge in [-0.25, -0.2) is 5.84 Å². The molecule has 16 heavy (non-hydrogen) atoms. The number of ether oxygens (including phenoxy) is 1. The van der Waals surface area contributed by atoms with Crippen LogP contribution in [0.25, 0.3) is 0 Å². The molecule has 1 fully saturated rings. The van der Waals surface area contributed by atoms with Gasteiger partial charge >= 0.3 is 0 Å². The fraction of sp³-hybridized carbons (Fsp3) is 0.909. The first-order chi connectivity index (χ1) is 7.60. The van der Waals surface area contributed by atoms with Crippen molar-refractivity contribution in [3.8, 4) is 0 Å². The van der Waals surface area contributed by atoms with Gasteiger partial charge in [0.15, 0.2) is 0 Å². The molecule has 5 nitrogen and oxygen atoms in total. The van der Waals surface area contributed by atoms with Crippen LogP contribution in [0.2, 0.25) is 0 Å². The van der Waals surface area contributed by atoms with E-state index in [4.69, 9.17) is 10.6 Å². The highest BCUT2D eigenvalue weighted by Gasteiger charge is 2.28. The summed E-state index contributed by atoms with van der Waals surface area (Å²) in [6.45, 7) is 5.96. The molecule has 1 saturated heterocycles. The summed E-state index contributed by atoms with van der Waals surface area (Å²) in [5.41, 5.74) is 2.21. The second-order valence-electron chi connectivity index (χ2n) is 4.51. The van der Waals surface area contributed by atoms with Crippen molar-refractivity contribution < 1.29 is 9.53 Å². The zero-order valence-corrected chi connectivity index (χ0v) is 10.4. The Bertz CT molecular complexity index is 227. The number of rotatable bonds is 4. The molecule has 94 valence electrons. The molecule has 3 N–H and O–H groups in total. The normalized spacial score (nSPS) is 22.8. The zero-order valence-electron chi connectivity index (χ0n) is 10.4. The molecule has 0 saturated carbocycles. The molecular weight excluding hydrogens is 206 g/mol. The maximum atomic E-state index is 11.4. The molecule has 1 heterocycles. The van der Waals surface area contributed by atoms with Gasteiger partial charge in [-0.1, -0.05) is 6.92 Å². The molecule has 1 amide bonds. The van der Waals surface area contributed by atoms with Crippen molar-refractivity contribution in [2.24, 2.45) is 11.8 Å². The Balaban J connectivity index is 2.43. The van der Waals surface area contributed by atoms with Gasteiger partial charge < -0.3 is 4.74 Å². The quantitative estimate of drug-likeness (QED) is 0.408. The van der Waals surface area contributed by atoms with Crippen LogP contribution in [-0.4, -0.2) is 43.2 Å². The third-order valence-electron chi connectivity index (χ3n) is 3.67. The van der Waals surface area contributed by atoms with E-state index in [9.17, 15) is 4.79 Å². The van der Waals surface area contributed by atoms with Crippen LogP contribution >= 0.6 is 0 Å². The summed E-state index contributed by atoms with van der Waals surface area (Å²) < 4.78 is 5.32. The molecule has 0 spiro atoms. The summed E-state index contributed by atoms with van der Waals surface area (Å²) in [4.78, 5) is 13.8. The lowest BCUT2D eigenvalue weighted by molar-refractivity contribution is -0.126. The van der Waals surface area contributed by atoms with E-state index in [1.54, 1.807) is 7.11 Å². The lowest BCUT2D eigenvalue weighted by Gasteiger charge is -2.37. The van der Waals surface area contributed by atoms with E-state index in [0.717, 1.165) is 25.9 Å². The van der Waals surface area contributed by atoms with Crippen molar-refractivity contribution in [2.75, 3.05) is 20.2 Å². The highest BCUT2D eigenvalue weighted by atomic mass is 16.5. The molecule has 0 aromatic carbocycles. The van der Waals surface area contributed by atoms with Crippen molar-refractivity contribution in [3.63, 3.8) is 0 Å². The lowest BCUT2D eigenvalue weighted by atomic mass is 9.98. The maximum Gasteiger partial charge on any atom is 0.238 e. The highest BCUT2D eigenvalue weighted by molar-refractivity contribution is 5.78. The fourth-order valence-corrected chi connectivity index (χ4v) is 2.19. The Hall–Kier alpha value is -0.650. The number of methoxy groups -OCH3 is 1. The molecule has 2 atom stereocenters.